The van der Waals surface area contributed by atoms with Crippen molar-refractivity contribution >= 4 is 23.1 Å². The summed E-state index contributed by atoms with van der Waals surface area (Å²) in [4.78, 5) is 12.2. The Kier molecular flexibility index (Phi) is 3.92. The Bertz CT molecular complexity index is 641. The van der Waals surface area contributed by atoms with Gasteiger partial charge in [-0.15, -0.1) is 0 Å². The van der Waals surface area contributed by atoms with E-state index in [4.69, 9.17) is 11.6 Å². The van der Waals surface area contributed by atoms with E-state index in [2.05, 4.69) is 14.9 Å². The first kappa shape index (κ1) is 14.1. The maximum Gasteiger partial charge on any atom is 0.186 e. The van der Waals surface area contributed by atoms with E-state index >= 15 is 0 Å². The van der Waals surface area contributed by atoms with Crippen LogP contribution in [-0.4, -0.2) is 36.1 Å². The molecule has 1 fully saturated rings. The first-order valence-electron chi connectivity index (χ1n) is 6.88. The molecular weight excluding hydrogens is 291 g/mol. The third-order valence-corrected chi connectivity index (χ3v) is 3.93. The molecule has 1 saturated heterocycles. The number of aromatic nitrogens is 2. The molecule has 0 saturated carbocycles. The van der Waals surface area contributed by atoms with Crippen molar-refractivity contribution in [3.8, 4) is 0 Å². The van der Waals surface area contributed by atoms with Crippen molar-refractivity contribution in [3.63, 3.8) is 0 Å². The Labute approximate surface area is 128 Å². The van der Waals surface area contributed by atoms with E-state index in [1.165, 1.54) is 6.33 Å². The SMILES string of the molecule is Cc1ncnc(N2CCN(c3cccc(Cl)c3)CC2)c1F. The molecule has 110 valence electrons. The molecule has 0 radical (unpaired) electrons. The molecule has 0 N–H and O–H groups in total. The third-order valence-electron chi connectivity index (χ3n) is 3.70. The van der Waals surface area contributed by atoms with Gasteiger partial charge in [-0.2, -0.15) is 0 Å². The lowest BCUT2D eigenvalue weighted by Crippen LogP contribution is -2.47. The number of benzene rings is 1. The Hall–Kier alpha value is -1.88. The molecule has 1 aromatic heterocycles. The molecule has 21 heavy (non-hydrogen) atoms. The summed E-state index contributed by atoms with van der Waals surface area (Å²) in [6.45, 7) is 4.72. The molecule has 0 atom stereocenters. The topological polar surface area (TPSA) is 32.3 Å². The van der Waals surface area contributed by atoms with Gasteiger partial charge < -0.3 is 9.80 Å². The summed E-state index contributed by atoms with van der Waals surface area (Å²) in [7, 11) is 0. The molecule has 0 bridgehead atoms. The van der Waals surface area contributed by atoms with Gasteiger partial charge in [0.2, 0.25) is 0 Å². The average Bonchev–Trinajstić information content (AvgIpc) is 2.50. The summed E-state index contributed by atoms with van der Waals surface area (Å²) < 4.78 is 14.1. The summed E-state index contributed by atoms with van der Waals surface area (Å²) in [6, 6.07) is 7.79. The molecular formula is C15H16ClFN4. The molecule has 1 aliphatic rings. The summed E-state index contributed by atoms with van der Waals surface area (Å²) in [6.07, 6.45) is 1.41. The second-order valence-corrected chi connectivity index (χ2v) is 5.49. The van der Waals surface area contributed by atoms with Crippen LogP contribution in [0.15, 0.2) is 30.6 Å². The Morgan fingerprint density at radius 3 is 2.52 bits per heavy atom. The number of halogens is 2. The normalized spacial score (nSPS) is 15.4. The van der Waals surface area contributed by atoms with Gasteiger partial charge in [-0.1, -0.05) is 17.7 Å². The van der Waals surface area contributed by atoms with Crippen LogP contribution in [0.1, 0.15) is 5.69 Å². The van der Waals surface area contributed by atoms with Crippen molar-refractivity contribution in [1.29, 1.82) is 0 Å². The van der Waals surface area contributed by atoms with Gasteiger partial charge >= 0.3 is 0 Å². The minimum absolute atomic E-state index is 0.325. The smallest absolute Gasteiger partial charge is 0.186 e. The Morgan fingerprint density at radius 2 is 1.81 bits per heavy atom. The standard InChI is InChI=1S/C15H16ClFN4/c1-11-14(17)15(19-10-18-11)21-7-5-20(6-8-21)13-4-2-3-12(16)9-13/h2-4,9-10H,5-8H2,1H3. The number of nitrogens with zero attached hydrogens (tertiary/aromatic N) is 4. The molecule has 2 aromatic rings. The number of aryl methyl sites for hydroxylation is 1. The Morgan fingerprint density at radius 1 is 1.10 bits per heavy atom. The maximum atomic E-state index is 14.1. The van der Waals surface area contributed by atoms with Gasteiger partial charge in [0.15, 0.2) is 11.6 Å². The third kappa shape index (κ3) is 2.93. The number of anilines is 2. The summed E-state index contributed by atoms with van der Waals surface area (Å²) in [5.74, 6) is 0.0712. The quantitative estimate of drug-likeness (QED) is 0.854. The van der Waals surface area contributed by atoms with E-state index in [0.717, 1.165) is 36.9 Å². The predicted octanol–water partition coefficient (Wildman–Crippen LogP) is 2.90. The highest BCUT2D eigenvalue weighted by molar-refractivity contribution is 6.30. The first-order valence-corrected chi connectivity index (χ1v) is 7.25. The van der Waals surface area contributed by atoms with Crippen LogP contribution >= 0.6 is 11.6 Å². The highest BCUT2D eigenvalue weighted by atomic mass is 35.5. The van der Waals surface area contributed by atoms with E-state index in [-0.39, 0.29) is 5.82 Å². The monoisotopic (exact) mass is 306 g/mol. The summed E-state index contributed by atoms with van der Waals surface area (Å²) in [5.41, 5.74) is 1.48. The predicted molar refractivity (Wildman–Crippen MR) is 82.6 cm³/mol. The van der Waals surface area contributed by atoms with Crippen molar-refractivity contribution in [2.75, 3.05) is 36.0 Å². The van der Waals surface area contributed by atoms with Gasteiger partial charge in [-0.25, -0.2) is 14.4 Å². The number of piperazine rings is 1. The molecule has 0 amide bonds. The van der Waals surface area contributed by atoms with E-state index in [1.54, 1.807) is 6.92 Å². The number of hydrogen-bond donors (Lipinski definition) is 0. The van der Waals surface area contributed by atoms with Gasteiger partial charge in [-0.05, 0) is 25.1 Å². The molecule has 0 aliphatic carbocycles. The van der Waals surface area contributed by atoms with Gasteiger partial charge in [-0.3, -0.25) is 0 Å². The van der Waals surface area contributed by atoms with E-state index in [9.17, 15) is 4.39 Å². The maximum absolute atomic E-state index is 14.1. The molecule has 0 spiro atoms. The minimum atomic E-state index is -0.325. The van der Waals surface area contributed by atoms with Crippen LogP contribution in [0, 0.1) is 12.7 Å². The molecule has 3 rings (SSSR count). The van der Waals surface area contributed by atoms with Gasteiger partial charge in [0.05, 0.1) is 5.69 Å². The highest BCUT2D eigenvalue weighted by Gasteiger charge is 2.21. The van der Waals surface area contributed by atoms with E-state index in [0.29, 0.717) is 11.5 Å². The molecule has 1 aliphatic heterocycles. The second kappa shape index (κ2) is 5.85. The highest BCUT2D eigenvalue weighted by Crippen LogP contribution is 2.23. The molecule has 2 heterocycles. The van der Waals surface area contributed by atoms with Crippen molar-refractivity contribution < 1.29 is 4.39 Å². The summed E-state index contributed by atoms with van der Waals surface area (Å²) >= 11 is 6.02. The van der Waals surface area contributed by atoms with E-state index < -0.39 is 0 Å². The molecule has 0 unspecified atom stereocenters. The fourth-order valence-electron chi connectivity index (χ4n) is 2.52. The lowest BCUT2D eigenvalue weighted by atomic mass is 10.2. The fourth-order valence-corrected chi connectivity index (χ4v) is 2.70. The van der Waals surface area contributed by atoms with Crippen molar-refractivity contribution in [3.05, 3.63) is 47.1 Å². The number of rotatable bonds is 2. The van der Waals surface area contributed by atoms with E-state index in [1.807, 2.05) is 29.2 Å². The van der Waals surface area contributed by atoms with Crippen LogP contribution in [0.5, 0.6) is 0 Å². The molecule has 4 nitrogen and oxygen atoms in total. The van der Waals surface area contributed by atoms with Crippen LogP contribution in [0.3, 0.4) is 0 Å². The summed E-state index contributed by atoms with van der Waals surface area (Å²) in [5, 5.41) is 0.729. The zero-order valence-corrected chi connectivity index (χ0v) is 12.5. The Balaban J connectivity index is 1.72. The van der Waals surface area contributed by atoms with Gasteiger partial charge in [0.25, 0.3) is 0 Å². The van der Waals surface area contributed by atoms with Crippen molar-refractivity contribution in [1.82, 2.24) is 9.97 Å². The number of hydrogen-bond acceptors (Lipinski definition) is 4. The zero-order valence-electron chi connectivity index (χ0n) is 11.8. The largest absolute Gasteiger partial charge is 0.368 e. The lowest BCUT2D eigenvalue weighted by Gasteiger charge is -2.36. The van der Waals surface area contributed by atoms with Crippen LogP contribution in [0.4, 0.5) is 15.9 Å². The minimum Gasteiger partial charge on any atom is -0.368 e. The average molecular weight is 307 g/mol. The first-order chi connectivity index (χ1) is 10.1. The fraction of sp³-hybridized carbons (Fsp3) is 0.333. The van der Waals surface area contributed by atoms with Crippen LogP contribution in [0.25, 0.3) is 0 Å². The van der Waals surface area contributed by atoms with Crippen LogP contribution in [-0.2, 0) is 0 Å². The lowest BCUT2D eigenvalue weighted by molar-refractivity contribution is 0.574. The van der Waals surface area contributed by atoms with Gasteiger partial charge in [0, 0.05) is 36.9 Å². The van der Waals surface area contributed by atoms with Gasteiger partial charge in [0.1, 0.15) is 6.33 Å². The van der Waals surface area contributed by atoms with Crippen molar-refractivity contribution in [2.24, 2.45) is 0 Å². The van der Waals surface area contributed by atoms with Crippen LogP contribution < -0.4 is 9.80 Å². The van der Waals surface area contributed by atoms with Crippen molar-refractivity contribution in [2.45, 2.75) is 6.92 Å². The van der Waals surface area contributed by atoms with Crippen LogP contribution in [0.2, 0.25) is 5.02 Å². The zero-order chi connectivity index (χ0) is 14.8. The molecule has 6 heteroatoms. The molecule has 1 aromatic carbocycles. The second-order valence-electron chi connectivity index (χ2n) is 5.05.